The Bertz CT molecular complexity index is 852. The van der Waals surface area contributed by atoms with Gasteiger partial charge in [-0.15, -0.1) is 0 Å². The van der Waals surface area contributed by atoms with Gasteiger partial charge in [0.2, 0.25) is 11.8 Å². The Morgan fingerprint density at radius 1 is 1.35 bits per heavy atom. The zero-order valence-electron chi connectivity index (χ0n) is 14.1. The number of hydrogen-bond donors (Lipinski definition) is 0. The number of anilines is 1. The first-order valence-corrected chi connectivity index (χ1v) is 8.89. The van der Waals surface area contributed by atoms with Crippen LogP contribution in [0.3, 0.4) is 0 Å². The maximum Gasteiger partial charge on any atom is 0.302 e. The number of methoxy groups -OCH3 is 1. The molecule has 3 aliphatic heterocycles. The van der Waals surface area contributed by atoms with E-state index >= 15 is 0 Å². The lowest BCUT2D eigenvalue weighted by Gasteiger charge is -2.28. The number of benzene rings is 1. The Balaban J connectivity index is 1.73. The average molecular weight is 422 g/mol. The molecule has 0 N–H and O–H groups in total. The van der Waals surface area contributed by atoms with Gasteiger partial charge in [-0.3, -0.25) is 14.4 Å². The molecule has 0 spiro atoms. The summed E-state index contributed by atoms with van der Waals surface area (Å²) in [6, 6.07) is 5.13. The van der Waals surface area contributed by atoms with E-state index in [-0.39, 0.29) is 18.4 Å². The summed E-state index contributed by atoms with van der Waals surface area (Å²) in [5.74, 6) is -2.12. The predicted octanol–water partition coefficient (Wildman–Crippen LogP) is 1.83. The summed E-state index contributed by atoms with van der Waals surface area (Å²) in [4.78, 5) is 38.6. The molecule has 7 nitrogen and oxygen atoms in total. The van der Waals surface area contributed by atoms with Crippen LogP contribution in [0.25, 0.3) is 0 Å². The van der Waals surface area contributed by atoms with E-state index in [0.717, 1.165) is 9.37 Å². The fourth-order valence-electron chi connectivity index (χ4n) is 3.96. The number of nitrogens with zero attached hydrogens (tertiary/aromatic N) is 1. The third-order valence-corrected chi connectivity index (χ3v) is 5.53. The van der Waals surface area contributed by atoms with Gasteiger partial charge in [0.1, 0.15) is 18.0 Å². The van der Waals surface area contributed by atoms with Crippen molar-refractivity contribution in [3.05, 3.63) is 34.8 Å². The van der Waals surface area contributed by atoms with Gasteiger partial charge in [0.15, 0.2) is 0 Å². The summed E-state index contributed by atoms with van der Waals surface area (Å²) in [6.07, 6.45) is 2.99. The second-order valence-corrected chi connectivity index (χ2v) is 7.42. The lowest BCUT2D eigenvalue weighted by molar-refractivity contribution is -0.150. The zero-order chi connectivity index (χ0) is 18.6. The van der Waals surface area contributed by atoms with E-state index in [0.29, 0.717) is 11.4 Å². The van der Waals surface area contributed by atoms with Gasteiger partial charge >= 0.3 is 5.97 Å². The molecule has 4 rings (SSSR count). The van der Waals surface area contributed by atoms with Gasteiger partial charge in [0.05, 0.1) is 30.7 Å². The standard InChI is InChI=1S/C18H16BrNO6/c1-9(21)25-8-18-6-5-13(26-18)14-15(18)17(23)20(16(14)22)11-7-10(19)3-4-12(11)24-2/h3-7,13-15H,8H2,1-2H3/t13-,14+,15+,18+/m1/s1. The number of fused-ring (bicyclic) bond motifs is 5. The lowest BCUT2D eigenvalue weighted by Crippen LogP contribution is -2.44. The highest BCUT2D eigenvalue weighted by Crippen LogP contribution is 2.53. The number of carbonyl (C=O) groups excluding carboxylic acids is 3. The maximum absolute atomic E-state index is 13.2. The van der Waals surface area contributed by atoms with Gasteiger partial charge in [0, 0.05) is 11.4 Å². The molecule has 0 aromatic heterocycles. The minimum absolute atomic E-state index is 0.0982. The van der Waals surface area contributed by atoms with Crippen LogP contribution in [0.2, 0.25) is 0 Å². The fourth-order valence-corrected chi connectivity index (χ4v) is 4.31. The van der Waals surface area contributed by atoms with Crippen LogP contribution in [-0.4, -0.2) is 43.2 Å². The van der Waals surface area contributed by atoms with Gasteiger partial charge in [-0.1, -0.05) is 22.0 Å². The third-order valence-electron chi connectivity index (χ3n) is 5.04. The van der Waals surface area contributed by atoms with E-state index in [2.05, 4.69) is 15.9 Å². The van der Waals surface area contributed by atoms with Crippen LogP contribution in [0, 0.1) is 11.8 Å². The first kappa shape index (κ1) is 17.2. The van der Waals surface area contributed by atoms with E-state index in [1.54, 1.807) is 30.4 Å². The van der Waals surface area contributed by atoms with Gasteiger partial charge in [-0.05, 0) is 24.3 Å². The maximum atomic E-state index is 13.2. The molecule has 2 fully saturated rings. The number of carbonyl (C=O) groups is 3. The van der Waals surface area contributed by atoms with Gasteiger partial charge in [0.25, 0.3) is 0 Å². The first-order chi connectivity index (χ1) is 12.4. The van der Waals surface area contributed by atoms with Crippen molar-refractivity contribution in [3.63, 3.8) is 0 Å². The summed E-state index contributed by atoms with van der Waals surface area (Å²) < 4.78 is 17.0. The van der Waals surface area contributed by atoms with Crippen molar-refractivity contribution in [2.24, 2.45) is 11.8 Å². The molecular formula is C18H16BrNO6. The first-order valence-electron chi connectivity index (χ1n) is 8.10. The molecule has 3 aliphatic rings. The summed E-state index contributed by atoms with van der Waals surface area (Å²) in [5.41, 5.74) is -0.713. The molecule has 0 unspecified atom stereocenters. The Hall–Kier alpha value is -2.19. The van der Waals surface area contributed by atoms with Crippen LogP contribution >= 0.6 is 15.9 Å². The van der Waals surface area contributed by atoms with Crippen LogP contribution < -0.4 is 9.64 Å². The van der Waals surface area contributed by atoms with Gasteiger partial charge in [-0.25, -0.2) is 4.90 Å². The van der Waals surface area contributed by atoms with Crippen LogP contribution in [0.15, 0.2) is 34.8 Å². The topological polar surface area (TPSA) is 82.1 Å². The molecule has 2 amide bonds. The average Bonchev–Trinajstić information content (AvgIpc) is 3.24. The third kappa shape index (κ3) is 2.32. The number of amides is 2. The van der Waals surface area contributed by atoms with Crippen LogP contribution in [-0.2, 0) is 23.9 Å². The Kier molecular flexibility index (Phi) is 3.92. The molecule has 0 radical (unpaired) electrons. The molecule has 1 aromatic rings. The summed E-state index contributed by atoms with van der Waals surface area (Å²) in [6.45, 7) is 1.19. The van der Waals surface area contributed by atoms with Crippen molar-refractivity contribution in [2.45, 2.75) is 18.6 Å². The molecule has 1 aromatic carbocycles. The minimum Gasteiger partial charge on any atom is -0.495 e. The molecule has 4 atom stereocenters. The second kappa shape index (κ2) is 5.92. The van der Waals surface area contributed by atoms with E-state index in [9.17, 15) is 14.4 Å². The largest absolute Gasteiger partial charge is 0.495 e. The molecule has 26 heavy (non-hydrogen) atoms. The van der Waals surface area contributed by atoms with Crippen molar-refractivity contribution in [1.82, 2.24) is 0 Å². The van der Waals surface area contributed by atoms with Crippen molar-refractivity contribution in [3.8, 4) is 5.75 Å². The fraction of sp³-hybridized carbons (Fsp3) is 0.389. The molecule has 2 saturated heterocycles. The van der Waals surface area contributed by atoms with Gasteiger partial charge < -0.3 is 14.2 Å². The highest BCUT2D eigenvalue weighted by atomic mass is 79.9. The summed E-state index contributed by atoms with van der Waals surface area (Å²) in [7, 11) is 1.48. The lowest BCUT2D eigenvalue weighted by atomic mass is 9.77. The number of rotatable bonds is 4. The molecule has 8 heteroatoms. The van der Waals surface area contributed by atoms with Crippen molar-refractivity contribution < 1.29 is 28.6 Å². The van der Waals surface area contributed by atoms with E-state index < -0.39 is 29.5 Å². The second-order valence-electron chi connectivity index (χ2n) is 6.51. The Labute approximate surface area is 158 Å². The smallest absolute Gasteiger partial charge is 0.302 e. The molecule has 136 valence electrons. The number of halogens is 1. The number of imide groups is 1. The van der Waals surface area contributed by atoms with Crippen LogP contribution in [0.5, 0.6) is 5.75 Å². The van der Waals surface area contributed by atoms with Gasteiger partial charge in [-0.2, -0.15) is 0 Å². The number of esters is 1. The van der Waals surface area contributed by atoms with Crippen LogP contribution in [0.4, 0.5) is 5.69 Å². The number of ether oxygens (including phenoxy) is 3. The molecule has 0 aliphatic carbocycles. The molecular weight excluding hydrogens is 406 g/mol. The molecule has 2 bridgehead atoms. The molecule has 3 heterocycles. The highest BCUT2D eigenvalue weighted by Gasteiger charge is 2.68. The summed E-state index contributed by atoms with van der Waals surface area (Å²) in [5, 5.41) is 0. The van der Waals surface area contributed by atoms with Crippen molar-refractivity contribution >= 4 is 39.4 Å². The van der Waals surface area contributed by atoms with Crippen LogP contribution in [0.1, 0.15) is 6.92 Å². The van der Waals surface area contributed by atoms with E-state index in [4.69, 9.17) is 14.2 Å². The Morgan fingerprint density at radius 3 is 2.81 bits per heavy atom. The van der Waals surface area contributed by atoms with Crippen molar-refractivity contribution in [1.29, 1.82) is 0 Å². The van der Waals surface area contributed by atoms with E-state index in [1.165, 1.54) is 14.0 Å². The minimum atomic E-state index is -1.10. The highest BCUT2D eigenvalue weighted by molar-refractivity contribution is 9.10. The van der Waals surface area contributed by atoms with Crippen molar-refractivity contribution in [2.75, 3.05) is 18.6 Å². The predicted molar refractivity (Wildman–Crippen MR) is 93.5 cm³/mol. The normalized spacial score (nSPS) is 31.5. The monoisotopic (exact) mass is 421 g/mol. The molecule has 0 saturated carbocycles. The zero-order valence-corrected chi connectivity index (χ0v) is 15.7. The van der Waals surface area contributed by atoms with E-state index in [1.807, 2.05) is 0 Å². The summed E-state index contributed by atoms with van der Waals surface area (Å²) >= 11 is 3.36. The SMILES string of the molecule is COc1ccc(Br)cc1N1C(=O)[C@@H]2[C@@H](C1=O)[C@@]1(COC(C)=O)C=C[C@H]2O1. The Morgan fingerprint density at radius 2 is 2.12 bits per heavy atom. The quantitative estimate of drug-likeness (QED) is 0.419. The number of hydrogen-bond acceptors (Lipinski definition) is 6.